The number of carbonyl (C=O) groups excluding carboxylic acids is 1. The van der Waals surface area contributed by atoms with E-state index in [0.717, 1.165) is 37.0 Å². The number of furan rings is 1. The molecule has 1 aliphatic rings. The molecule has 144 valence electrons. The van der Waals surface area contributed by atoms with Crippen molar-refractivity contribution in [3.63, 3.8) is 0 Å². The molecule has 1 aliphatic carbocycles. The highest BCUT2D eigenvalue weighted by atomic mass is 16.5. The number of amides is 1. The van der Waals surface area contributed by atoms with Gasteiger partial charge in [0, 0.05) is 30.0 Å². The fourth-order valence-electron chi connectivity index (χ4n) is 4.00. The second-order valence-corrected chi connectivity index (χ2v) is 6.98. The van der Waals surface area contributed by atoms with Crippen molar-refractivity contribution in [2.75, 3.05) is 13.7 Å². The molecule has 6 nitrogen and oxygen atoms in total. The van der Waals surface area contributed by atoms with E-state index in [-0.39, 0.29) is 16.7 Å². The molecule has 6 heteroatoms. The lowest BCUT2D eigenvalue weighted by Gasteiger charge is -2.31. The average molecular weight is 371 g/mol. The Hall–Kier alpha value is -2.76. The van der Waals surface area contributed by atoms with Crippen LogP contribution in [0.3, 0.4) is 0 Å². The van der Waals surface area contributed by atoms with E-state index in [4.69, 9.17) is 9.15 Å². The van der Waals surface area contributed by atoms with E-state index >= 15 is 0 Å². The summed E-state index contributed by atoms with van der Waals surface area (Å²) in [4.78, 5) is 23.9. The van der Waals surface area contributed by atoms with Crippen LogP contribution in [0, 0.1) is 0 Å². The quantitative estimate of drug-likeness (QED) is 0.773. The number of aryl methyl sites for hydroxylation is 1. The normalized spacial score (nSPS) is 15.5. The molecule has 0 radical (unpaired) electrons. The first-order valence-corrected chi connectivity index (χ1v) is 9.28. The van der Waals surface area contributed by atoms with E-state index in [9.17, 15) is 14.7 Å². The number of aromatic carboxylic acids is 1. The summed E-state index contributed by atoms with van der Waals surface area (Å²) < 4.78 is 11.0. The highest BCUT2D eigenvalue weighted by molar-refractivity contribution is 5.96. The van der Waals surface area contributed by atoms with E-state index < -0.39 is 11.9 Å². The summed E-state index contributed by atoms with van der Waals surface area (Å²) in [5, 5.41) is 12.2. The molecule has 1 aromatic heterocycles. The van der Waals surface area contributed by atoms with Gasteiger partial charge in [0.2, 0.25) is 0 Å². The van der Waals surface area contributed by atoms with Crippen molar-refractivity contribution in [3.8, 4) is 5.75 Å². The van der Waals surface area contributed by atoms with Crippen molar-refractivity contribution in [2.45, 2.75) is 44.4 Å². The van der Waals surface area contributed by atoms with Gasteiger partial charge in [-0.2, -0.15) is 0 Å². The fraction of sp³-hybridized carbons (Fsp3) is 0.429. The molecule has 2 N–H and O–H groups in total. The number of methoxy groups -OCH3 is 1. The van der Waals surface area contributed by atoms with Crippen LogP contribution in [0.1, 0.15) is 64.8 Å². The predicted molar refractivity (Wildman–Crippen MR) is 101 cm³/mol. The van der Waals surface area contributed by atoms with Crippen LogP contribution in [0.15, 0.2) is 34.7 Å². The Bertz CT molecular complexity index is 833. The largest absolute Gasteiger partial charge is 0.496 e. The molecule has 1 fully saturated rings. The lowest BCUT2D eigenvalue weighted by atomic mass is 9.78. The molecule has 1 amide bonds. The number of carboxylic acids is 1. The first-order chi connectivity index (χ1) is 13.0. The molecule has 1 heterocycles. The lowest BCUT2D eigenvalue weighted by Crippen LogP contribution is -2.39. The SMILES string of the molecule is CCc1oc(C(=O)NCC2(c3ccccc3OC)CCCC2)cc1C(=O)O. The number of carboxylic acid groups (broad SMARTS) is 1. The van der Waals surface area contributed by atoms with E-state index in [1.165, 1.54) is 6.07 Å². The summed E-state index contributed by atoms with van der Waals surface area (Å²) in [5.74, 6) is -0.298. The van der Waals surface area contributed by atoms with Crippen LogP contribution in [0.25, 0.3) is 0 Å². The third-order valence-electron chi connectivity index (χ3n) is 5.41. The van der Waals surface area contributed by atoms with Crippen LogP contribution in [0.2, 0.25) is 0 Å². The van der Waals surface area contributed by atoms with Crippen molar-refractivity contribution < 1.29 is 23.8 Å². The average Bonchev–Trinajstić information content (AvgIpc) is 3.34. The molecule has 0 saturated heterocycles. The molecule has 1 saturated carbocycles. The smallest absolute Gasteiger partial charge is 0.339 e. The fourth-order valence-corrected chi connectivity index (χ4v) is 4.00. The highest BCUT2D eigenvalue weighted by Gasteiger charge is 2.38. The van der Waals surface area contributed by atoms with Gasteiger partial charge in [0.25, 0.3) is 5.91 Å². The van der Waals surface area contributed by atoms with Crippen molar-refractivity contribution >= 4 is 11.9 Å². The van der Waals surface area contributed by atoms with Gasteiger partial charge in [-0.1, -0.05) is 38.0 Å². The molecule has 2 aromatic rings. The molecule has 1 aromatic carbocycles. The van der Waals surface area contributed by atoms with Gasteiger partial charge in [0.15, 0.2) is 5.76 Å². The molecule has 0 aliphatic heterocycles. The summed E-state index contributed by atoms with van der Waals surface area (Å²) in [6, 6.07) is 9.23. The number of hydrogen-bond donors (Lipinski definition) is 2. The molecule has 27 heavy (non-hydrogen) atoms. The Labute approximate surface area is 158 Å². The summed E-state index contributed by atoms with van der Waals surface area (Å²) in [7, 11) is 1.66. The molecule has 3 rings (SSSR count). The van der Waals surface area contributed by atoms with Gasteiger partial charge in [-0.25, -0.2) is 4.79 Å². The minimum Gasteiger partial charge on any atom is -0.496 e. The van der Waals surface area contributed by atoms with Crippen molar-refractivity contribution in [3.05, 3.63) is 53.0 Å². The first kappa shape index (κ1) is 19.0. The molecular weight excluding hydrogens is 346 g/mol. The standard InChI is InChI=1S/C21H25NO5/c1-3-16-14(20(24)25)12-18(27-16)19(23)22-13-21(10-6-7-11-21)15-8-4-5-9-17(15)26-2/h4-5,8-9,12H,3,6-7,10-11,13H2,1-2H3,(H,22,23)(H,24,25). The molecule has 0 bridgehead atoms. The highest BCUT2D eigenvalue weighted by Crippen LogP contribution is 2.44. The predicted octanol–water partition coefficient (Wildman–Crippen LogP) is 3.79. The van der Waals surface area contributed by atoms with Crippen LogP contribution in [-0.4, -0.2) is 30.6 Å². The Morgan fingerprint density at radius 2 is 1.96 bits per heavy atom. The zero-order chi connectivity index (χ0) is 19.4. The van der Waals surface area contributed by atoms with E-state index in [1.54, 1.807) is 14.0 Å². The summed E-state index contributed by atoms with van der Waals surface area (Å²) >= 11 is 0. The Kier molecular flexibility index (Phi) is 5.54. The second-order valence-electron chi connectivity index (χ2n) is 6.98. The third-order valence-corrected chi connectivity index (χ3v) is 5.41. The van der Waals surface area contributed by atoms with Gasteiger partial charge in [0.05, 0.1) is 7.11 Å². The maximum Gasteiger partial charge on any atom is 0.339 e. The van der Waals surface area contributed by atoms with Crippen LogP contribution < -0.4 is 10.1 Å². The Morgan fingerprint density at radius 1 is 1.26 bits per heavy atom. The van der Waals surface area contributed by atoms with Gasteiger partial charge in [-0.3, -0.25) is 4.79 Å². The Morgan fingerprint density at radius 3 is 2.56 bits per heavy atom. The van der Waals surface area contributed by atoms with Crippen molar-refractivity contribution in [1.82, 2.24) is 5.32 Å². The number of benzene rings is 1. The minimum absolute atomic E-state index is 0.0393. The van der Waals surface area contributed by atoms with Gasteiger partial charge >= 0.3 is 5.97 Å². The van der Waals surface area contributed by atoms with Crippen LogP contribution >= 0.6 is 0 Å². The monoisotopic (exact) mass is 371 g/mol. The second kappa shape index (κ2) is 7.86. The zero-order valence-corrected chi connectivity index (χ0v) is 15.7. The maximum absolute atomic E-state index is 12.6. The number of nitrogens with one attached hydrogen (secondary N) is 1. The van der Waals surface area contributed by atoms with Crippen molar-refractivity contribution in [2.24, 2.45) is 0 Å². The molecule has 0 spiro atoms. The maximum atomic E-state index is 12.6. The lowest BCUT2D eigenvalue weighted by molar-refractivity contribution is 0.0694. The first-order valence-electron chi connectivity index (χ1n) is 9.28. The van der Waals surface area contributed by atoms with E-state index in [1.807, 2.05) is 18.2 Å². The van der Waals surface area contributed by atoms with Crippen LogP contribution in [0.5, 0.6) is 5.75 Å². The summed E-state index contributed by atoms with van der Waals surface area (Å²) in [6.07, 6.45) is 4.54. The molecular formula is C21H25NO5. The van der Waals surface area contributed by atoms with Crippen molar-refractivity contribution in [1.29, 1.82) is 0 Å². The molecule has 0 unspecified atom stereocenters. The number of carbonyl (C=O) groups is 2. The van der Waals surface area contributed by atoms with E-state index in [0.29, 0.717) is 18.7 Å². The van der Waals surface area contributed by atoms with Gasteiger partial charge in [-0.15, -0.1) is 0 Å². The number of rotatable bonds is 7. The number of para-hydroxylation sites is 1. The summed E-state index contributed by atoms with van der Waals surface area (Å²) in [5.41, 5.74) is 0.964. The van der Waals surface area contributed by atoms with Crippen LogP contribution in [-0.2, 0) is 11.8 Å². The number of hydrogen-bond acceptors (Lipinski definition) is 4. The number of ether oxygens (including phenoxy) is 1. The van der Waals surface area contributed by atoms with Gasteiger partial charge in [0.1, 0.15) is 17.1 Å². The van der Waals surface area contributed by atoms with Gasteiger partial charge < -0.3 is 19.6 Å². The van der Waals surface area contributed by atoms with E-state index in [2.05, 4.69) is 11.4 Å². The van der Waals surface area contributed by atoms with Crippen LogP contribution in [0.4, 0.5) is 0 Å². The third kappa shape index (κ3) is 3.70. The Balaban J connectivity index is 1.81. The topological polar surface area (TPSA) is 88.8 Å². The molecule has 0 atom stereocenters. The zero-order valence-electron chi connectivity index (χ0n) is 15.7. The summed E-state index contributed by atoms with van der Waals surface area (Å²) in [6.45, 7) is 2.25. The minimum atomic E-state index is -1.09. The van der Waals surface area contributed by atoms with Gasteiger partial charge in [-0.05, 0) is 18.9 Å².